The Bertz CT molecular complexity index is 517. The average Bonchev–Trinajstić information content (AvgIpc) is 2.54. The zero-order valence-electron chi connectivity index (χ0n) is 13.5. The van der Waals surface area contributed by atoms with Crippen molar-refractivity contribution in [3.05, 3.63) is 29.8 Å². The van der Waals surface area contributed by atoms with Crippen LogP contribution in [-0.4, -0.2) is 49.6 Å². The minimum atomic E-state index is -0.236. The predicted octanol–water partition coefficient (Wildman–Crippen LogP) is 2.80. The van der Waals surface area contributed by atoms with Gasteiger partial charge in [0.05, 0.1) is 6.61 Å². The van der Waals surface area contributed by atoms with Gasteiger partial charge in [0, 0.05) is 43.3 Å². The molecule has 0 bridgehead atoms. The summed E-state index contributed by atoms with van der Waals surface area (Å²) in [6.45, 7) is 8.90. The summed E-state index contributed by atoms with van der Waals surface area (Å²) < 4.78 is 5.02. The van der Waals surface area contributed by atoms with Gasteiger partial charge in [-0.1, -0.05) is 13.8 Å². The highest BCUT2D eigenvalue weighted by Crippen LogP contribution is 2.19. The summed E-state index contributed by atoms with van der Waals surface area (Å²) in [5.74, 6) is 0.178. The number of ether oxygens (including phenoxy) is 1. The summed E-state index contributed by atoms with van der Waals surface area (Å²) in [4.78, 5) is 27.6. The Morgan fingerprint density at radius 2 is 1.68 bits per heavy atom. The van der Waals surface area contributed by atoms with E-state index in [0.29, 0.717) is 19.7 Å². The molecular formula is C17H24N2O3. The van der Waals surface area contributed by atoms with Gasteiger partial charge < -0.3 is 14.5 Å². The normalized spacial score (nSPS) is 15.1. The molecule has 2 rings (SSSR count). The van der Waals surface area contributed by atoms with E-state index in [2.05, 4.69) is 4.90 Å². The summed E-state index contributed by atoms with van der Waals surface area (Å²) in [6, 6.07) is 7.73. The Morgan fingerprint density at radius 1 is 1.09 bits per heavy atom. The van der Waals surface area contributed by atoms with Crippen LogP contribution in [0.15, 0.2) is 24.3 Å². The number of carbonyl (C=O) groups excluding carboxylic acids is 2. The lowest BCUT2D eigenvalue weighted by Crippen LogP contribution is -2.49. The molecule has 0 atom stereocenters. The van der Waals surface area contributed by atoms with Gasteiger partial charge in [0.1, 0.15) is 0 Å². The molecule has 1 aromatic rings. The quantitative estimate of drug-likeness (QED) is 0.803. The Hall–Kier alpha value is -2.04. The second-order valence-electron chi connectivity index (χ2n) is 5.74. The first-order chi connectivity index (χ1) is 10.5. The molecule has 22 heavy (non-hydrogen) atoms. The van der Waals surface area contributed by atoms with Gasteiger partial charge in [-0.2, -0.15) is 0 Å². The first kappa shape index (κ1) is 16.3. The van der Waals surface area contributed by atoms with Crippen molar-refractivity contribution < 1.29 is 14.3 Å². The van der Waals surface area contributed by atoms with Crippen molar-refractivity contribution in [1.29, 1.82) is 0 Å². The molecule has 1 aliphatic heterocycles. The largest absolute Gasteiger partial charge is 0.450 e. The van der Waals surface area contributed by atoms with Crippen LogP contribution in [0.2, 0.25) is 0 Å². The van der Waals surface area contributed by atoms with Gasteiger partial charge in [0.2, 0.25) is 0 Å². The van der Waals surface area contributed by atoms with Crippen LogP contribution in [-0.2, 0) is 4.74 Å². The minimum absolute atomic E-state index is 0.0129. The molecule has 1 aromatic carbocycles. The maximum absolute atomic E-state index is 11.9. The Balaban J connectivity index is 1.94. The number of benzene rings is 1. The summed E-state index contributed by atoms with van der Waals surface area (Å²) in [6.07, 6.45) is -0.236. The topological polar surface area (TPSA) is 49.9 Å². The second kappa shape index (κ2) is 7.29. The van der Waals surface area contributed by atoms with Crippen LogP contribution in [0.4, 0.5) is 10.5 Å². The number of hydrogen-bond acceptors (Lipinski definition) is 4. The molecule has 0 saturated carbocycles. The van der Waals surface area contributed by atoms with E-state index in [1.165, 1.54) is 0 Å². The van der Waals surface area contributed by atoms with Gasteiger partial charge in [-0.25, -0.2) is 4.79 Å². The monoisotopic (exact) mass is 304 g/mol. The molecule has 0 aromatic heterocycles. The zero-order chi connectivity index (χ0) is 16.1. The van der Waals surface area contributed by atoms with Crippen molar-refractivity contribution in [2.24, 2.45) is 5.92 Å². The number of ketones is 1. The number of carbonyl (C=O) groups is 2. The Morgan fingerprint density at radius 3 is 2.18 bits per heavy atom. The van der Waals surface area contributed by atoms with E-state index in [9.17, 15) is 9.59 Å². The van der Waals surface area contributed by atoms with Crippen LogP contribution in [0.3, 0.4) is 0 Å². The molecule has 0 spiro atoms. The molecule has 1 heterocycles. The van der Waals surface area contributed by atoms with Crippen molar-refractivity contribution in [3.63, 3.8) is 0 Å². The Labute approximate surface area is 131 Å². The van der Waals surface area contributed by atoms with E-state index in [4.69, 9.17) is 4.74 Å². The number of anilines is 1. The van der Waals surface area contributed by atoms with Gasteiger partial charge in [-0.15, -0.1) is 0 Å². The van der Waals surface area contributed by atoms with Crippen LogP contribution in [0.5, 0.6) is 0 Å². The molecule has 5 nitrogen and oxygen atoms in total. The smallest absolute Gasteiger partial charge is 0.409 e. The van der Waals surface area contributed by atoms with Crippen molar-refractivity contribution in [3.8, 4) is 0 Å². The first-order valence-corrected chi connectivity index (χ1v) is 7.84. The van der Waals surface area contributed by atoms with Crippen molar-refractivity contribution >= 4 is 17.6 Å². The predicted molar refractivity (Wildman–Crippen MR) is 86.4 cm³/mol. The molecule has 0 aliphatic carbocycles. The molecule has 1 amide bonds. The van der Waals surface area contributed by atoms with Gasteiger partial charge in [0.25, 0.3) is 0 Å². The van der Waals surface area contributed by atoms with Gasteiger partial charge in [0.15, 0.2) is 5.78 Å². The molecule has 1 aliphatic rings. The first-order valence-electron chi connectivity index (χ1n) is 7.84. The number of Topliss-reactive ketones (excluding diaryl/α,β-unsaturated/α-hetero) is 1. The van der Waals surface area contributed by atoms with E-state index in [1.807, 2.05) is 45.0 Å². The molecule has 0 radical (unpaired) electrons. The van der Waals surface area contributed by atoms with Crippen LogP contribution in [0.25, 0.3) is 0 Å². The summed E-state index contributed by atoms with van der Waals surface area (Å²) >= 11 is 0. The fraction of sp³-hybridized carbons (Fsp3) is 0.529. The van der Waals surface area contributed by atoms with Crippen molar-refractivity contribution in [1.82, 2.24) is 4.90 Å². The molecular weight excluding hydrogens is 280 g/mol. The number of amides is 1. The average molecular weight is 304 g/mol. The van der Waals surface area contributed by atoms with Gasteiger partial charge >= 0.3 is 6.09 Å². The van der Waals surface area contributed by atoms with Crippen molar-refractivity contribution in [2.45, 2.75) is 20.8 Å². The fourth-order valence-electron chi connectivity index (χ4n) is 2.53. The Kier molecular flexibility index (Phi) is 5.41. The van der Waals surface area contributed by atoms with Crippen LogP contribution in [0, 0.1) is 5.92 Å². The highest BCUT2D eigenvalue weighted by molar-refractivity contribution is 5.97. The number of nitrogens with zero attached hydrogens (tertiary/aromatic N) is 2. The number of rotatable bonds is 4. The SMILES string of the molecule is CCOC(=O)N1CCN(c2ccc(C(=O)C(C)C)cc2)CC1. The molecule has 1 saturated heterocycles. The molecule has 0 N–H and O–H groups in total. The lowest BCUT2D eigenvalue weighted by molar-refractivity contribution is 0.0938. The third-order valence-corrected chi connectivity index (χ3v) is 3.85. The highest BCUT2D eigenvalue weighted by Gasteiger charge is 2.22. The van der Waals surface area contributed by atoms with E-state index in [1.54, 1.807) is 4.90 Å². The third kappa shape index (κ3) is 3.78. The summed E-state index contributed by atoms with van der Waals surface area (Å²) in [7, 11) is 0. The lowest BCUT2D eigenvalue weighted by Gasteiger charge is -2.35. The third-order valence-electron chi connectivity index (χ3n) is 3.85. The van der Waals surface area contributed by atoms with Crippen LogP contribution >= 0.6 is 0 Å². The molecule has 0 unspecified atom stereocenters. The minimum Gasteiger partial charge on any atom is -0.450 e. The van der Waals surface area contributed by atoms with Gasteiger partial charge in [-0.05, 0) is 31.2 Å². The maximum Gasteiger partial charge on any atom is 0.409 e. The highest BCUT2D eigenvalue weighted by atomic mass is 16.6. The van der Waals surface area contributed by atoms with Crippen LogP contribution < -0.4 is 4.90 Å². The molecule has 5 heteroatoms. The number of piperazine rings is 1. The number of hydrogen-bond donors (Lipinski definition) is 0. The zero-order valence-corrected chi connectivity index (χ0v) is 13.5. The maximum atomic E-state index is 11.9. The van der Waals surface area contributed by atoms with Crippen LogP contribution in [0.1, 0.15) is 31.1 Å². The standard InChI is InChI=1S/C17H24N2O3/c1-4-22-17(21)19-11-9-18(10-12-19)15-7-5-14(6-8-15)16(20)13(2)3/h5-8,13H,4,9-12H2,1-3H3. The molecule has 1 fully saturated rings. The fourth-order valence-corrected chi connectivity index (χ4v) is 2.53. The summed E-state index contributed by atoms with van der Waals surface area (Å²) in [5, 5.41) is 0. The van der Waals surface area contributed by atoms with E-state index < -0.39 is 0 Å². The van der Waals surface area contributed by atoms with E-state index in [-0.39, 0.29) is 17.8 Å². The lowest BCUT2D eigenvalue weighted by atomic mass is 10.0. The molecule has 120 valence electrons. The summed E-state index contributed by atoms with van der Waals surface area (Å²) in [5.41, 5.74) is 1.84. The van der Waals surface area contributed by atoms with E-state index >= 15 is 0 Å². The second-order valence-corrected chi connectivity index (χ2v) is 5.74. The van der Waals surface area contributed by atoms with E-state index in [0.717, 1.165) is 24.3 Å². The van der Waals surface area contributed by atoms with Crippen molar-refractivity contribution in [2.75, 3.05) is 37.7 Å². The van der Waals surface area contributed by atoms with Gasteiger partial charge in [-0.3, -0.25) is 4.79 Å².